The largest absolute Gasteiger partial charge is 0.381 e. The number of hydrogen-bond acceptors (Lipinski definition) is 3. The summed E-state index contributed by atoms with van der Waals surface area (Å²) in [7, 11) is 0. The molecule has 0 bridgehead atoms. The van der Waals surface area contributed by atoms with Crippen LogP contribution in [-0.2, 0) is 4.74 Å². The molecule has 0 unspecified atom stereocenters. The van der Waals surface area contributed by atoms with Crippen LogP contribution in [-0.4, -0.2) is 31.1 Å². The Bertz CT molecular complexity index is 325. The van der Waals surface area contributed by atoms with Crippen molar-refractivity contribution in [3.05, 3.63) is 30.3 Å². The van der Waals surface area contributed by atoms with Crippen molar-refractivity contribution in [1.29, 1.82) is 0 Å². The molecule has 1 aliphatic heterocycles. The highest BCUT2D eigenvalue weighted by atomic mass is 32.2. The van der Waals surface area contributed by atoms with Crippen molar-refractivity contribution < 1.29 is 4.74 Å². The van der Waals surface area contributed by atoms with Crippen LogP contribution >= 0.6 is 11.8 Å². The van der Waals surface area contributed by atoms with Gasteiger partial charge in [0.05, 0.1) is 0 Å². The molecule has 0 radical (unpaired) electrons. The Morgan fingerprint density at radius 1 is 1.28 bits per heavy atom. The van der Waals surface area contributed by atoms with Gasteiger partial charge in [0, 0.05) is 35.9 Å². The van der Waals surface area contributed by atoms with Gasteiger partial charge < -0.3 is 10.1 Å². The van der Waals surface area contributed by atoms with E-state index in [1.807, 2.05) is 11.8 Å². The van der Waals surface area contributed by atoms with Crippen molar-refractivity contribution in [2.24, 2.45) is 0 Å². The molecule has 3 heteroatoms. The number of thioether (sulfide) groups is 1. The van der Waals surface area contributed by atoms with Gasteiger partial charge in [-0.1, -0.05) is 25.1 Å². The molecule has 0 aliphatic carbocycles. The minimum absolute atomic E-state index is 0.610. The molecular formula is C15H23NOS. The SMILES string of the molecule is CC[C@@H](CSc1ccccc1)NC1CCOCC1. The molecular weight excluding hydrogens is 242 g/mol. The predicted molar refractivity (Wildman–Crippen MR) is 78.2 cm³/mol. The molecule has 1 N–H and O–H groups in total. The molecule has 2 rings (SSSR count). The quantitative estimate of drug-likeness (QED) is 0.797. The van der Waals surface area contributed by atoms with E-state index in [9.17, 15) is 0 Å². The highest BCUT2D eigenvalue weighted by Gasteiger charge is 2.17. The molecule has 1 aromatic carbocycles. The fraction of sp³-hybridized carbons (Fsp3) is 0.600. The van der Waals surface area contributed by atoms with Gasteiger partial charge in [0.15, 0.2) is 0 Å². The van der Waals surface area contributed by atoms with Gasteiger partial charge in [-0.25, -0.2) is 0 Å². The summed E-state index contributed by atoms with van der Waals surface area (Å²) in [5, 5.41) is 3.78. The topological polar surface area (TPSA) is 21.3 Å². The highest BCUT2D eigenvalue weighted by Crippen LogP contribution is 2.19. The summed E-state index contributed by atoms with van der Waals surface area (Å²) in [6.07, 6.45) is 3.51. The van der Waals surface area contributed by atoms with Gasteiger partial charge in [-0.15, -0.1) is 11.8 Å². The monoisotopic (exact) mass is 265 g/mol. The van der Waals surface area contributed by atoms with Gasteiger partial charge in [0.25, 0.3) is 0 Å². The lowest BCUT2D eigenvalue weighted by atomic mass is 10.1. The average Bonchev–Trinajstić information content (AvgIpc) is 2.45. The van der Waals surface area contributed by atoms with Crippen LogP contribution < -0.4 is 5.32 Å². The first-order chi connectivity index (χ1) is 8.88. The molecule has 0 aromatic heterocycles. The predicted octanol–water partition coefficient (Wildman–Crippen LogP) is 3.33. The van der Waals surface area contributed by atoms with Crippen molar-refractivity contribution in [3.8, 4) is 0 Å². The molecule has 1 atom stereocenters. The summed E-state index contributed by atoms with van der Waals surface area (Å²) in [5.41, 5.74) is 0. The van der Waals surface area contributed by atoms with Crippen molar-refractivity contribution >= 4 is 11.8 Å². The van der Waals surface area contributed by atoms with Crippen LogP contribution in [0.4, 0.5) is 0 Å². The Balaban J connectivity index is 1.74. The van der Waals surface area contributed by atoms with Crippen LogP contribution in [0.5, 0.6) is 0 Å². The zero-order valence-electron chi connectivity index (χ0n) is 11.1. The zero-order chi connectivity index (χ0) is 12.6. The van der Waals surface area contributed by atoms with E-state index in [0.29, 0.717) is 12.1 Å². The second kappa shape index (κ2) is 7.82. The Morgan fingerprint density at radius 2 is 2.00 bits per heavy atom. The molecule has 1 saturated heterocycles. The van der Waals surface area contributed by atoms with E-state index in [4.69, 9.17) is 4.74 Å². The summed E-state index contributed by atoms with van der Waals surface area (Å²) in [5.74, 6) is 1.15. The lowest BCUT2D eigenvalue weighted by Gasteiger charge is -2.28. The van der Waals surface area contributed by atoms with Crippen LogP contribution in [0, 0.1) is 0 Å². The molecule has 1 fully saturated rings. The first kappa shape index (κ1) is 13.9. The van der Waals surface area contributed by atoms with E-state index in [2.05, 4.69) is 42.6 Å². The third kappa shape index (κ3) is 4.63. The molecule has 0 spiro atoms. The highest BCUT2D eigenvalue weighted by molar-refractivity contribution is 7.99. The molecule has 0 amide bonds. The fourth-order valence-electron chi connectivity index (χ4n) is 2.19. The van der Waals surface area contributed by atoms with Crippen molar-refractivity contribution in [1.82, 2.24) is 5.32 Å². The summed E-state index contributed by atoms with van der Waals surface area (Å²) in [6, 6.07) is 11.9. The standard InChI is InChI=1S/C15H23NOS/c1-2-13(16-14-8-10-17-11-9-14)12-18-15-6-4-3-5-7-15/h3-7,13-14,16H,2,8-12H2,1H3/t13-/m0/s1. The average molecular weight is 265 g/mol. The third-order valence-electron chi connectivity index (χ3n) is 3.38. The summed E-state index contributed by atoms with van der Waals surface area (Å²) in [6.45, 7) is 4.10. The van der Waals surface area contributed by atoms with Crippen LogP contribution in [0.15, 0.2) is 35.2 Å². The summed E-state index contributed by atoms with van der Waals surface area (Å²) >= 11 is 1.95. The lowest BCUT2D eigenvalue weighted by molar-refractivity contribution is 0.0755. The van der Waals surface area contributed by atoms with Crippen LogP contribution in [0.1, 0.15) is 26.2 Å². The minimum atomic E-state index is 0.610. The summed E-state index contributed by atoms with van der Waals surface area (Å²) in [4.78, 5) is 1.37. The number of nitrogens with one attached hydrogen (secondary N) is 1. The maximum atomic E-state index is 5.40. The number of benzene rings is 1. The molecule has 0 saturated carbocycles. The molecule has 2 nitrogen and oxygen atoms in total. The summed E-state index contributed by atoms with van der Waals surface area (Å²) < 4.78 is 5.40. The van der Waals surface area contributed by atoms with Crippen molar-refractivity contribution in [2.45, 2.75) is 43.2 Å². The van der Waals surface area contributed by atoms with Gasteiger partial charge in [0.1, 0.15) is 0 Å². The van der Waals surface area contributed by atoms with Gasteiger partial charge in [-0.2, -0.15) is 0 Å². The second-order valence-corrected chi connectivity index (χ2v) is 5.88. The Labute approximate surface area is 114 Å². The van der Waals surface area contributed by atoms with Crippen LogP contribution in [0.25, 0.3) is 0 Å². The zero-order valence-corrected chi connectivity index (χ0v) is 11.9. The first-order valence-corrected chi connectivity index (χ1v) is 7.88. The minimum Gasteiger partial charge on any atom is -0.381 e. The molecule has 1 heterocycles. The maximum Gasteiger partial charge on any atom is 0.0480 e. The maximum absolute atomic E-state index is 5.40. The van der Waals surface area contributed by atoms with Crippen LogP contribution in [0.3, 0.4) is 0 Å². The molecule has 18 heavy (non-hydrogen) atoms. The Kier molecular flexibility index (Phi) is 6.05. The van der Waals surface area contributed by atoms with Crippen molar-refractivity contribution in [3.63, 3.8) is 0 Å². The van der Waals surface area contributed by atoms with Gasteiger partial charge >= 0.3 is 0 Å². The molecule has 100 valence electrons. The number of ether oxygens (including phenoxy) is 1. The molecule has 1 aromatic rings. The van der Waals surface area contributed by atoms with Gasteiger partial charge in [-0.3, -0.25) is 0 Å². The number of rotatable bonds is 6. The smallest absolute Gasteiger partial charge is 0.0480 e. The number of hydrogen-bond donors (Lipinski definition) is 1. The van der Waals surface area contributed by atoms with E-state index < -0.39 is 0 Å². The lowest BCUT2D eigenvalue weighted by Crippen LogP contribution is -2.42. The second-order valence-electron chi connectivity index (χ2n) is 4.78. The third-order valence-corrected chi connectivity index (χ3v) is 4.55. The van der Waals surface area contributed by atoms with Crippen LogP contribution in [0.2, 0.25) is 0 Å². The van der Waals surface area contributed by atoms with E-state index in [0.717, 1.165) is 31.8 Å². The van der Waals surface area contributed by atoms with Crippen molar-refractivity contribution in [2.75, 3.05) is 19.0 Å². The first-order valence-electron chi connectivity index (χ1n) is 6.90. The fourth-order valence-corrected chi connectivity index (χ4v) is 3.27. The van der Waals surface area contributed by atoms with E-state index >= 15 is 0 Å². The van der Waals surface area contributed by atoms with E-state index in [1.165, 1.54) is 11.3 Å². The Hall–Kier alpha value is -0.510. The Morgan fingerprint density at radius 3 is 2.67 bits per heavy atom. The van der Waals surface area contributed by atoms with Gasteiger partial charge in [0.2, 0.25) is 0 Å². The van der Waals surface area contributed by atoms with E-state index in [1.54, 1.807) is 0 Å². The molecule has 1 aliphatic rings. The normalized spacial score (nSPS) is 18.7. The van der Waals surface area contributed by atoms with E-state index in [-0.39, 0.29) is 0 Å². The van der Waals surface area contributed by atoms with Gasteiger partial charge in [-0.05, 0) is 31.4 Å².